The highest BCUT2D eigenvalue weighted by Gasteiger charge is 2.29. The number of carbonyl (C=O) groups is 1. The zero-order valence-electron chi connectivity index (χ0n) is 22.8. The molecule has 0 unspecified atom stereocenters. The maximum Gasteiger partial charge on any atom is 0.410 e. The van der Waals surface area contributed by atoms with E-state index in [0.29, 0.717) is 26.3 Å². The standard InChI is InChI=1S/C24H29N3O5.2C2H6/c1-24(2,3)32-23(28)26-9-8-21-19(16-26)14-18(15-22(21)25-10-12-31-13-11-25)17-4-6-20(7-5-17)27(29)30;2*1-2/h4-7,14-15H,8-13,16H2,1-3H3;2*1-2H3. The highest BCUT2D eigenvalue weighted by molar-refractivity contribution is 5.75. The molecule has 0 aliphatic carbocycles. The number of rotatable bonds is 3. The van der Waals surface area contributed by atoms with Crippen LogP contribution in [0.3, 0.4) is 0 Å². The topological polar surface area (TPSA) is 85.1 Å². The van der Waals surface area contributed by atoms with Crippen LogP contribution in [0, 0.1) is 10.1 Å². The molecule has 2 aromatic carbocycles. The first kappa shape index (κ1) is 29.1. The van der Waals surface area contributed by atoms with Crippen LogP contribution in [0.5, 0.6) is 0 Å². The van der Waals surface area contributed by atoms with Gasteiger partial charge in [0.1, 0.15) is 5.60 Å². The van der Waals surface area contributed by atoms with Crippen LogP contribution in [0.2, 0.25) is 0 Å². The molecule has 2 heterocycles. The molecule has 2 aliphatic rings. The summed E-state index contributed by atoms with van der Waals surface area (Å²) in [6.45, 7) is 17.7. The van der Waals surface area contributed by atoms with Crippen molar-refractivity contribution in [1.29, 1.82) is 0 Å². The SMILES string of the molecule is CC.CC.CC(C)(C)OC(=O)N1CCc2c(cc(-c3ccc([N+](=O)[O-])cc3)cc2N2CCOCC2)C1. The third-order valence-corrected chi connectivity index (χ3v) is 5.73. The van der Waals surface area contributed by atoms with Crippen molar-refractivity contribution in [2.45, 2.75) is 67.0 Å². The van der Waals surface area contributed by atoms with Crippen molar-refractivity contribution in [3.63, 3.8) is 0 Å². The van der Waals surface area contributed by atoms with Gasteiger partial charge in [0.25, 0.3) is 5.69 Å². The van der Waals surface area contributed by atoms with Crippen molar-refractivity contribution in [2.24, 2.45) is 0 Å². The van der Waals surface area contributed by atoms with E-state index in [-0.39, 0.29) is 11.8 Å². The van der Waals surface area contributed by atoms with Gasteiger partial charge in [0.15, 0.2) is 0 Å². The molecule has 0 aromatic heterocycles. The second kappa shape index (κ2) is 13.3. The number of morpholine rings is 1. The van der Waals surface area contributed by atoms with Gasteiger partial charge in [-0.3, -0.25) is 10.1 Å². The number of hydrogen-bond acceptors (Lipinski definition) is 6. The van der Waals surface area contributed by atoms with E-state index in [2.05, 4.69) is 17.0 Å². The number of nitrogens with zero attached hydrogens (tertiary/aromatic N) is 3. The van der Waals surface area contributed by atoms with Gasteiger partial charge in [-0.2, -0.15) is 0 Å². The summed E-state index contributed by atoms with van der Waals surface area (Å²) in [5, 5.41) is 11.0. The minimum absolute atomic E-state index is 0.0659. The highest BCUT2D eigenvalue weighted by Crippen LogP contribution is 2.36. The summed E-state index contributed by atoms with van der Waals surface area (Å²) in [4.78, 5) is 27.4. The fourth-order valence-corrected chi connectivity index (χ4v) is 4.19. The van der Waals surface area contributed by atoms with E-state index in [9.17, 15) is 14.9 Å². The van der Waals surface area contributed by atoms with Crippen molar-refractivity contribution < 1.29 is 19.2 Å². The molecule has 198 valence electrons. The largest absolute Gasteiger partial charge is 0.444 e. The van der Waals surface area contributed by atoms with Crippen molar-refractivity contribution in [3.05, 3.63) is 57.6 Å². The molecule has 0 spiro atoms. The first-order valence-electron chi connectivity index (χ1n) is 12.9. The Morgan fingerprint density at radius 2 is 1.58 bits per heavy atom. The third-order valence-electron chi connectivity index (χ3n) is 5.73. The van der Waals surface area contributed by atoms with Gasteiger partial charge in [0, 0.05) is 44.0 Å². The predicted octanol–water partition coefficient (Wildman–Crippen LogP) is 6.44. The quantitative estimate of drug-likeness (QED) is 0.357. The second-order valence-electron chi connectivity index (χ2n) is 9.19. The van der Waals surface area contributed by atoms with Crippen LogP contribution >= 0.6 is 0 Å². The van der Waals surface area contributed by atoms with E-state index in [1.54, 1.807) is 17.0 Å². The van der Waals surface area contributed by atoms with Gasteiger partial charge in [-0.05, 0) is 73.7 Å². The van der Waals surface area contributed by atoms with E-state index >= 15 is 0 Å². The molecular formula is C28H41N3O5. The summed E-state index contributed by atoms with van der Waals surface area (Å²) in [6.07, 6.45) is 0.443. The van der Waals surface area contributed by atoms with E-state index < -0.39 is 10.5 Å². The van der Waals surface area contributed by atoms with Crippen molar-refractivity contribution in [1.82, 2.24) is 4.90 Å². The summed E-state index contributed by atoms with van der Waals surface area (Å²) >= 11 is 0. The van der Waals surface area contributed by atoms with Gasteiger partial charge in [0.05, 0.1) is 18.1 Å². The highest BCUT2D eigenvalue weighted by atomic mass is 16.6. The minimum atomic E-state index is -0.545. The van der Waals surface area contributed by atoms with Crippen molar-refractivity contribution >= 4 is 17.5 Å². The normalized spacial score (nSPS) is 15.0. The first-order valence-corrected chi connectivity index (χ1v) is 12.9. The van der Waals surface area contributed by atoms with E-state index in [1.807, 2.05) is 48.5 Å². The smallest absolute Gasteiger partial charge is 0.410 e. The number of anilines is 1. The Bertz CT molecular complexity index is 1010. The molecule has 1 amide bonds. The van der Waals surface area contributed by atoms with Crippen LogP contribution in [-0.4, -0.2) is 54.4 Å². The Morgan fingerprint density at radius 3 is 2.14 bits per heavy atom. The van der Waals surface area contributed by atoms with Crippen LogP contribution in [0.25, 0.3) is 11.1 Å². The average Bonchev–Trinajstić information content (AvgIpc) is 2.89. The Morgan fingerprint density at radius 1 is 0.972 bits per heavy atom. The molecule has 0 bridgehead atoms. The molecule has 2 aromatic rings. The van der Waals surface area contributed by atoms with E-state index in [1.165, 1.54) is 17.7 Å². The monoisotopic (exact) mass is 499 g/mol. The Kier molecular flexibility index (Phi) is 10.7. The zero-order chi connectivity index (χ0) is 26.9. The molecular weight excluding hydrogens is 458 g/mol. The average molecular weight is 500 g/mol. The maximum atomic E-state index is 12.7. The lowest BCUT2D eigenvalue weighted by Crippen LogP contribution is -2.41. The maximum absolute atomic E-state index is 12.7. The summed E-state index contributed by atoms with van der Waals surface area (Å²) < 4.78 is 11.1. The van der Waals surface area contributed by atoms with Crippen molar-refractivity contribution in [3.8, 4) is 11.1 Å². The van der Waals surface area contributed by atoms with Crippen molar-refractivity contribution in [2.75, 3.05) is 37.7 Å². The number of fused-ring (bicyclic) bond motifs is 1. The van der Waals surface area contributed by atoms with Crippen LogP contribution in [0.1, 0.15) is 59.6 Å². The third kappa shape index (κ3) is 7.43. The molecule has 1 fully saturated rings. The molecule has 0 atom stereocenters. The fourth-order valence-electron chi connectivity index (χ4n) is 4.19. The van der Waals surface area contributed by atoms with Gasteiger partial charge in [-0.15, -0.1) is 0 Å². The predicted molar refractivity (Wildman–Crippen MR) is 145 cm³/mol. The fraction of sp³-hybridized carbons (Fsp3) is 0.536. The summed E-state index contributed by atoms with van der Waals surface area (Å²) in [5.74, 6) is 0. The number of benzene rings is 2. The van der Waals surface area contributed by atoms with E-state index in [4.69, 9.17) is 9.47 Å². The molecule has 8 heteroatoms. The molecule has 36 heavy (non-hydrogen) atoms. The molecule has 0 saturated carbocycles. The van der Waals surface area contributed by atoms with E-state index in [0.717, 1.165) is 41.9 Å². The van der Waals surface area contributed by atoms with Crippen LogP contribution in [0.15, 0.2) is 36.4 Å². The van der Waals surface area contributed by atoms with Gasteiger partial charge in [0.2, 0.25) is 0 Å². The lowest BCUT2D eigenvalue weighted by atomic mass is 9.92. The Labute approximate surface area is 215 Å². The van der Waals surface area contributed by atoms with Gasteiger partial charge >= 0.3 is 6.09 Å². The molecule has 8 nitrogen and oxygen atoms in total. The summed E-state index contributed by atoms with van der Waals surface area (Å²) in [6, 6.07) is 10.9. The first-order chi connectivity index (χ1) is 17.2. The van der Waals surface area contributed by atoms with Crippen LogP contribution in [0.4, 0.5) is 16.2 Å². The number of nitro benzene ring substituents is 1. The van der Waals surface area contributed by atoms with Gasteiger partial charge in [-0.25, -0.2) is 4.79 Å². The number of non-ortho nitro benzene ring substituents is 1. The molecule has 4 rings (SSSR count). The Balaban J connectivity index is 0.00000109. The molecule has 2 aliphatic heterocycles. The number of ether oxygens (including phenoxy) is 2. The van der Waals surface area contributed by atoms with Crippen LogP contribution < -0.4 is 4.90 Å². The molecule has 0 radical (unpaired) electrons. The lowest BCUT2D eigenvalue weighted by molar-refractivity contribution is -0.384. The zero-order valence-corrected chi connectivity index (χ0v) is 22.8. The second-order valence-corrected chi connectivity index (χ2v) is 9.19. The number of amides is 1. The summed E-state index contributed by atoms with van der Waals surface area (Å²) in [5.41, 5.74) is 4.89. The lowest BCUT2D eigenvalue weighted by Gasteiger charge is -2.36. The van der Waals surface area contributed by atoms with Crippen LogP contribution in [-0.2, 0) is 22.4 Å². The number of carbonyl (C=O) groups excluding carboxylic acids is 1. The molecule has 1 saturated heterocycles. The number of nitro groups is 1. The van der Waals surface area contributed by atoms with Gasteiger partial charge < -0.3 is 19.3 Å². The van der Waals surface area contributed by atoms with Gasteiger partial charge in [-0.1, -0.05) is 27.7 Å². The number of hydrogen-bond donors (Lipinski definition) is 0. The molecule has 0 N–H and O–H groups in total. The Hall–Kier alpha value is -3.13. The summed E-state index contributed by atoms with van der Waals surface area (Å²) in [7, 11) is 0. The minimum Gasteiger partial charge on any atom is -0.444 e.